The summed E-state index contributed by atoms with van der Waals surface area (Å²) in [5.41, 5.74) is 0.357. The molecule has 0 spiro atoms. The van der Waals surface area contributed by atoms with Crippen molar-refractivity contribution >= 4 is 5.97 Å². The van der Waals surface area contributed by atoms with Gasteiger partial charge in [-0.05, 0) is 13.8 Å². The summed E-state index contributed by atoms with van der Waals surface area (Å²) in [5, 5.41) is 8.32. The van der Waals surface area contributed by atoms with Crippen LogP contribution in [0.3, 0.4) is 0 Å². The molecule has 0 rings (SSSR count). The summed E-state index contributed by atoms with van der Waals surface area (Å²) in [6.07, 6.45) is 0. The molecule has 0 saturated carbocycles. The molecular weight excluding hydrogens is 142 g/mol. The van der Waals surface area contributed by atoms with E-state index in [0.29, 0.717) is 5.57 Å². The van der Waals surface area contributed by atoms with Crippen LogP contribution in [0, 0.1) is 17.2 Å². The quantitative estimate of drug-likeness (QED) is 0.453. The third-order valence-electron chi connectivity index (χ3n) is 1.03. The number of ether oxygens (including phenoxy) is 1. The van der Waals surface area contributed by atoms with Gasteiger partial charge in [-0.15, -0.1) is 0 Å². The number of nitrogens with zero attached hydrogens (tertiary/aromatic N) is 1. The Morgan fingerprint density at radius 3 is 2.73 bits per heavy atom. The number of nitriles is 1. The minimum absolute atomic E-state index is 0.141. The van der Waals surface area contributed by atoms with Gasteiger partial charge in [-0.25, -0.2) is 4.79 Å². The van der Waals surface area contributed by atoms with E-state index in [0.717, 1.165) is 0 Å². The third kappa shape index (κ3) is 4.15. The molecule has 3 nitrogen and oxygen atoms in total. The molecule has 3 heteroatoms. The van der Waals surface area contributed by atoms with Gasteiger partial charge in [-0.2, -0.15) is 5.26 Å². The Balaban J connectivity index is 3.65. The summed E-state index contributed by atoms with van der Waals surface area (Å²) in [6, 6.07) is 1.95. The van der Waals surface area contributed by atoms with Crippen LogP contribution in [0.25, 0.3) is 0 Å². The summed E-state index contributed by atoms with van der Waals surface area (Å²) >= 11 is 0. The van der Waals surface area contributed by atoms with Crippen molar-refractivity contribution in [2.24, 2.45) is 5.92 Å². The van der Waals surface area contributed by atoms with E-state index < -0.39 is 5.97 Å². The second kappa shape index (κ2) is 4.51. The number of carbonyl (C=O) groups excluding carboxylic acids is 1. The summed E-state index contributed by atoms with van der Waals surface area (Å²) in [7, 11) is 0. The number of carbonyl (C=O) groups is 1. The van der Waals surface area contributed by atoms with Crippen molar-refractivity contribution in [3.8, 4) is 6.07 Å². The molecule has 0 aliphatic rings. The Morgan fingerprint density at radius 2 is 2.36 bits per heavy atom. The predicted molar refractivity (Wildman–Crippen MR) is 40.6 cm³/mol. The molecule has 0 aromatic rings. The summed E-state index contributed by atoms with van der Waals surface area (Å²) in [4.78, 5) is 10.7. The van der Waals surface area contributed by atoms with Crippen LogP contribution in [0.15, 0.2) is 12.2 Å². The van der Waals surface area contributed by atoms with Crippen molar-refractivity contribution in [3.05, 3.63) is 12.2 Å². The maximum Gasteiger partial charge on any atom is 0.333 e. The van der Waals surface area contributed by atoms with Gasteiger partial charge in [0.15, 0.2) is 0 Å². The second-order valence-corrected chi connectivity index (χ2v) is 2.41. The van der Waals surface area contributed by atoms with Gasteiger partial charge in [-0.3, -0.25) is 0 Å². The van der Waals surface area contributed by atoms with E-state index in [4.69, 9.17) is 10.00 Å². The Kier molecular flexibility index (Phi) is 3.97. The van der Waals surface area contributed by atoms with E-state index in [9.17, 15) is 4.79 Å². The number of rotatable bonds is 3. The standard InChI is InChI=1S/C8H11NO2/c1-6(2)8(10)11-5-7(3)4-9/h7H,1,5H2,2-3H3. The molecular formula is C8H11NO2. The lowest BCUT2D eigenvalue weighted by molar-refractivity contribution is -0.139. The predicted octanol–water partition coefficient (Wildman–Crippen LogP) is 1.27. The topological polar surface area (TPSA) is 50.1 Å². The van der Waals surface area contributed by atoms with Crippen molar-refractivity contribution in [1.82, 2.24) is 0 Å². The van der Waals surface area contributed by atoms with Crippen LogP contribution < -0.4 is 0 Å². The molecule has 60 valence electrons. The molecule has 1 atom stereocenters. The highest BCUT2D eigenvalue weighted by atomic mass is 16.5. The molecule has 0 aliphatic heterocycles. The van der Waals surface area contributed by atoms with E-state index in [1.807, 2.05) is 6.07 Å². The monoisotopic (exact) mass is 153 g/mol. The van der Waals surface area contributed by atoms with E-state index in [2.05, 4.69) is 6.58 Å². The molecule has 0 fully saturated rings. The highest BCUT2D eigenvalue weighted by molar-refractivity contribution is 5.86. The molecule has 0 bridgehead atoms. The highest BCUT2D eigenvalue weighted by Gasteiger charge is 2.05. The van der Waals surface area contributed by atoms with Gasteiger partial charge in [0.2, 0.25) is 0 Å². The molecule has 0 aromatic carbocycles. The summed E-state index contributed by atoms with van der Waals surface area (Å²) < 4.78 is 4.70. The van der Waals surface area contributed by atoms with Crippen LogP contribution in [0.5, 0.6) is 0 Å². The maximum absolute atomic E-state index is 10.7. The first-order chi connectivity index (χ1) is 5.07. The Bertz CT molecular complexity index is 203. The zero-order valence-corrected chi connectivity index (χ0v) is 6.76. The van der Waals surface area contributed by atoms with Crippen molar-refractivity contribution in [2.75, 3.05) is 6.61 Å². The smallest absolute Gasteiger partial charge is 0.333 e. The first kappa shape index (κ1) is 9.70. The molecule has 0 aliphatic carbocycles. The van der Waals surface area contributed by atoms with Crippen LogP contribution in [0.2, 0.25) is 0 Å². The normalized spacial score (nSPS) is 11.4. The largest absolute Gasteiger partial charge is 0.461 e. The van der Waals surface area contributed by atoms with Crippen molar-refractivity contribution in [1.29, 1.82) is 5.26 Å². The lowest BCUT2D eigenvalue weighted by Crippen LogP contribution is -2.10. The van der Waals surface area contributed by atoms with Gasteiger partial charge in [0.05, 0.1) is 12.0 Å². The molecule has 0 saturated heterocycles. The first-order valence-electron chi connectivity index (χ1n) is 3.30. The highest BCUT2D eigenvalue weighted by Crippen LogP contribution is 1.97. The van der Waals surface area contributed by atoms with Crippen LogP contribution in [0.4, 0.5) is 0 Å². The van der Waals surface area contributed by atoms with Crippen molar-refractivity contribution in [2.45, 2.75) is 13.8 Å². The summed E-state index contributed by atoms with van der Waals surface area (Å²) in [5.74, 6) is -0.689. The molecule has 0 radical (unpaired) electrons. The van der Waals surface area contributed by atoms with Crippen LogP contribution in [0.1, 0.15) is 13.8 Å². The fraction of sp³-hybridized carbons (Fsp3) is 0.500. The lowest BCUT2D eigenvalue weighted by atomic mass is 10.2. The van der Waals surface area contributed by atoms with Crippen LogP contribution in [-0.2, 0) is 9.53 Å². The molecule has 1 unspecified atom stereocenters. The van der Waals surface area contributed by atoms with E-state index in [1.54, 1.807) is 13.8 Å². The van der Waals surface area contributed by atoms with Crippen molar-refractivity contribution in [3.63, 3.8) is 0 Å². The molecule has 0 N–H and O–H groups in total. The van der Waals surface area contributed by atoms with E-state index in [-0.39, 0.29) is 12.5 Å². The second-order valence-electron chi connectivity index (χ2n) is 2.41. The minimum atomic E-state index is -0.438. The molecule has 0 amide bonds. The summed E-state index contributed by atoms with van der Waals surface area (Å²) in [6.45, 7) is 6.80. The molecule has 11 heavy (non-hydrogen) atoms. The lowest BCUT2D eigenvalue weighted by Gasteiger charge is -2.03. The van der Waals surface area contributed by atoms with Gasteiger partial charge in [0.25, 0.3) is 0 Å². The van der Waals surface area contributed by atoms with E-state index >= 15 is 0 Å². The van der Waals surface area contributed by atoms with Gasteiger partial charge >= 0.3 is 5.97 Å². The average Bonchev–Trinajstić information content (AvgIpc) is 1.99. The zero-order chi connectivity index (χ0) is 8.85. The van der Waals surface area contributed by atoms with Crippen molar-refractivity contribution < 1.29 is 9.53 Å². The Hall–Kier alpha value is -1.30. The van der Waals surface area contributed by atoms with Gasteiger partial charge in [0, 0.05) is 5.57 Å². The third-order valence-corrected chi connectivity index (χ3v) is 1.03. The number of hydrogen-bond acceptors (Lipinski definition) is 3. The van der Waals surface area contributed by atoms with Crippen LogP contribution in [-0.4, -0.2) is 12.6 Å². The van der Waals surface area contributed by atoms with E-state index in [1.165, 1.54) is 0 Å². The first-order valence-corrected chi connectivity index (χ1v) is 3.30. The maximum atomic E-state index is 10.7. The molecule has 0 heterocycles. The number of esters is 1. The minimum Gasteiger partial charge on any atom is -0.461 e. The Labute approximate surface area is 66.3 Å². The number of hydrogen-bond donors (Lipinski definition) is 0. The SMILES string of the molecule is C=C(C)C(=O)OCC(C)C#N. The fourth-order valence-corrected chi connectivity index (χ4v) is 0.361. The van der Waals surface area contributed by atoms with Gasteiger partial charge in [-0.1, -0.05) is 6.58 Å². The zero-order valence-electron chi connectivity index (χ0n) is 6.76. The van der Waals surface area contributed by atoms with Gasteiger partial charge in [0.1, 0.15) is 6.61 Å². The average molecular weight is 153 g/mol. The Morgan fingerprint density at radius 1 is 1.82 bits per heavy atom. The fourth-order valence-electron chi connectivity index (χ4n) is 0.361. The van der Waals surface area contributed by atoms with Gasteiger partial charge < -0.3 is 4.74 Å². The molecule has 0 aromatic heterocycles. The van der Waals surface area contributed by atoms with Crippen LogP contribution >= 0.6 is 0 Å².